The van der Waals surface area contributed by atoms with Crippen LogP contribution in [-0.2, 0) is 4.79 Å². The summed E-state index contributed by atoms with van der Waals surface area (Å²) in [7, 11) is 0. The molecule has 1 heterocycles. The Bertz CT molecular complexity index is 387. The van der Waals surface area contributed by atoms with E-state index in [9.17, 15) is 4.79 Å². The number of hydrogen-bond donors (Lipinski definition) is 1. The van der Waals surface area contributed by atoms with Crippen LogP contribution in [0.3, 0.4) is 0 Å². The summed E-state index contributed by atoms with van der Waals surface area (Å²) in [5, 5.41) is 2.23. The first kappa shape index (κ1) is 11.9. The van der Waals surface area contributed by atoms with E-state index in [0.29, 0.717) is 0 Å². The van der Waals surface area contributed by atoms with E-state index in [1.54, 1.807) is 0 Å². The van der Waals surface area contributed by atoms with Crippen molar-refractivity contribution >= 4 is 5.91 Å². The topological polar surface area (TPSA) is 46.1 Å². The summed E-state index contributed by atoms with van der Waals surface area (Å²) in [4.78, 5) is 13.7. The lowest BCUT2D eigenvalue weighted by atomic mass is 10.2. The van der Waals surface area contributed by atoms with Gasteiger partial charge >= 0.3 is 0 Å². The predicted molar refractivity (Wildman–Crippen MR) is 64.9 cm³/mol. The Hall–Kier alpha value is -1.55. The SMILES string of the molecule is Cc1ccccc1OCC(=O)N1CC[NH2+]CC1. The van der Waals surface area contributed by atoms with Gasteiger partial charge in [-0.2, -0.15) is 0 Å². The van der Waals surface area contributed by atoms with Crippen LogP contribution in [-0.4, -0.2) is 43.6 Å². The molecule has 1 aromatic carbocycles. The number of hydrogen-bond acceptors (Lipinski definition) is 2. The maximum Gasteiger partial charge on any atom is 0.260 e. The predicted octanol–water partition coefficient (Wildman–Crippen LogP) is -0.221. The van der Waals surface area contributed by atoms with Gasteiger partial charge in [0.05, 0.1) is 26.2 Å². The fourth-order valence-electron chi connectivity index (χ4n) is 1.95. The first-order valence-corrected chi connectivity index (χ1v) is 6.05. The van der Waals surface area contributed by atoms with Gasteiger partial charge in [-0.1, -0.05) is 18.2 Å². The summed E-state index contributed by atoms with van der Waals surface area (Å²) < 4.78 is 5.55. The molecular formula is C13H19N2O2+. The molecule has 0 unspecified atom stereocenters. The minimum atomic E-state index is 0.0846. The molecule has 0 aliphatic carbocycles. The average Bonchev–Trinajstić information content (AvgIpc) is 2.38. The number of benzene rings is 1. The number of amides is 1. The molecule has 92 valence electrons. The van der Waals surface area contributed by atoms with Gasteiger partial charge < -0.3 is 15.0 Å². The van der Waals surface area contributed by atoms with Crippen LogP contribution in [0.25, 0.3) is 0 Å². The highest BCUT2D eigenvalue weighted by Gasteiger charge is 2.18. The molecule has 0 bridgehead atoms. The van der Waals surface area contributed by atoms with Crippen LogP contribution < -0.4 is 10.1 Å². The molecule has 1 fully saturated rings. The molecule has 17 heavy (non-hydrogen) atoms. The Morgan fingerprint density at radius 3 is 2.76 bits per heavy atom. The second kappa shape index (κ2) is 5.68. The third-order valence-corrected chi connectivity index (χ3v) is 3.00. The number of aryl methyl sites for hydroxylation is 1. The van der Waals surface area contributed by atoms with Crippen LogP contribution >= 0.6 is 0 Å². The van der Waals surface area contributed by atoms with Crippen molar-refractivity contribution in [1.29, 1.82) is 0 Å². The van der Waals surface area contributed by atoms with Gasteiger partial charge in [0.25, 0.3) is 5.91 Å². The maximum absolute atomic E-state index is 11.9. The van der Waals surface area contributed by atoms with Crippen LogP contribution in [0, 0.1) is 6.92 Å². The van der Waals surface area contributed by atoms with Gasteiger partial charge in [-0.15, -0.1) is 0 Å². The number of carbonyl (C=O) groups excluding carboxylic acids is 1. The zero-order valence-corrected chi connectivity index (χ0v) is 10.2. The zero-order valence-electron chi connectivity index (χ0n) is 10.2. The monoisotopic (exact) mass is 235 g/mol. The van der Waals surface area contributed by atoms with Crippen LogP contribution in [0.4, 0.5) is 0 Å². The molecule has 0 saturated carbocycles. The molecule has 1 aromatic rings. The van der Waals surface area contributed by atoms with Gasteiger partial charge in [-0.25, -0.2) is 0 Å². The molecule has 2 rings (SSSR count). The van der Waals surface area contributed by atoms with Crippen molar-refractivity contribution in [1.82, 2.24) is 4.90 Å². The van der Waals surface area contributed by atoms with Gasteiger partial charge in [0.15, 0.2) is 6.61 Å². The lowest BCUT2D eigenvalue weighted by Crippen LogP contribution is -2.90. The summed E-state index contributed by atoms with van der Waals surface area (Å²) in [6.45, 7) is 5.78. The number of piperazine rings is 1. The van der Waals surface area contributed by atoms with E-state index in [2.05, 4.69) is 5.32 Å². The Balaban J connectivity index is 1.85. The van der Waals surface area contributed by atoms with Crippen molar-refractivity contribution in [2.45, 2.75) is 6.92 Å². The highest BCUT2D eigenvalue weighted by Crippen LogP contribution is 2.15. The van der Waals surface area contributed by atoms with E-state index in [-0.39, 0.29) is 12.5 Å². The number of quaternary nitrogens is 1. The van der Waals surface area contributed by atoms with E-state index in [1.807, 2.05) is 36.1 Å². The standard InChI is InChI=1S/C13H18N2O2/c1-11-4-2-3-5-12(11)17-10-13(16)15-8-6-14-7-9-15/h2-5,14H,6-10H2,1H3/p+1. The van der Waals surface area contributed by atoms with Crippen LogP contribution in [0.1, 0.15) is 5.56 Å². The smallest absolute Gasteiger partial charge is 0.260 e. The molecule has 1 aliphatic rings. The molecule has 0 spiro atoms. The highest BCUT2D eigenvalue weighted by molar-refractivity contribution is 5.77. The molecule has 0 radical (unpaired) electrons. The first-order chi connectivity index (χ1) is 8.27. The summed E-state index contributed by atoms with van der Waals surface area (Å²) in [5.74, 6) is 0.880. The van der Waals surface area contributed by atoms with E-state index >= 15 is 0 Å². The maximum atomic E-state index is 11.9. The quantitative estimate of drug-likeness (QED) is 0.787. The fraction of sp³-hybridized carbons (Fsp3) is 0.462. The van der Waals surface area contributed by atoms with Gasteiger partial charge in [0.2, 0.25) is 0 Å². The van der Waals surface area contributed by atoms with Crippen molar-refractivity contribution in [3.63, 3.8) is 0 Å². The molecule has 0 atom stereocenters. The lowest BCUT2D eigenvalue weighted by molar-refractivity contribution is -0.662. The van der Waals surface area contributed by atoms with Crippen LogP contribution in [0.2, 0.25) is 0 Å². The number of para-hydroxylation sites is 1. The van der Waals surface area contributed by atoms with Gasteiger partial charge in [-0.05, 0) is 18.6 Å². The molecular weight excluding hydrogens is 216 g/mol. The summed E-state index contributed by atoms with van der Waals surface area (Å²) in [6.07, 6.45) is 0. The second-order valence-corrected chi connectivity index (χ2v) is 4.30. The van der Waals surface area contributed by atoms with Crippen LogP contribution in [0.15, 0.2) is 24.3 Å². The molecule has 2 N–H and O–H groups in total. The number of carbonyl (C=O) groups is 1. The van der Waals surface area contributed by atoms with E-state index < -0.39 is 0 Å². The molecule has 4 nitrogen and oxygen atoms in total. The number of rotatable bonds is 3. The Morgan fingerprint density at radius 2 is 2.06 bits per heavy atom. The van der Waals surface area contributed by atoms with Crippen molar-refractivity contribution in [2.75, 3.05) is 32.8 Å². The van der Waals surface area contributed by atoms with Crippen LogP contribution in [0.5, 0.6) is 5.75 Å². The fourth-order valence-corrected chi connectivity index (χ4v) is 1.95. The number of nitrogens with two attached hydrogens (primary N) is 1. The molecule has 0 aromatic heterocycles. The molecule has 1 saturated heterocycles. The van der Waals surface area contributed by atoms with Crippen molar-refractivity contribution < 1.29 is 14.8 Å². The lowest BCUT2D eigenvalue weighted by Gasteiger charge is -2.25. The summed E-state index contributed by atoms with van der Waals surface area (Å²) >= 11 is 0. The Labute approximate surface area is 102 Å². The summed E-state index contributed by atoms with van der Waals surface area (Å²) in [6, 6.07) is 7.76. The van der Waals surface area contributed by atoms with Gasteiger partial charge in [0, 0.05) is 0 Å². The molecule has 1 aliphatic heterocycles. The van der Waals surface area contributed by atoms with Gasteiger partial charge in [0.1, 0.15) is 5.75 Å². The van der Waals surface area contributed by atoms with Gasteiger partial charge in [-0.3, -0.25) is 4.79 Å². The summed E-state index contributed by atoms with van der Waals surface area (Å²) in [5.41, 5.74) is 1.06. The number of ether oxygens (including phenoxy) is 1. The third kappa shape index (κ3) is 3.20. The van der Waals surface area contributed by atoms with Crippen molar-refractivity contribution in [3.8, 4) is 5.75 Å². The van der Waals surface area contributed by atoms with Crippen molar-refractivity contribution in [2.24, 2.45) is 0 Å². The minimum absolute atomic E-state index is 0.0846. The zero-order chi connectivity index (χ0) is 12.1. The van der Waals surface area contributed by atoms with Crippen molar-refractivity contribution in [3.05, 3.63) is 29.8 Å². The Kier molecular flexibility index (Phi) is 3.98. The minimum Gasteiger partial charge on any atom is -0.484 e. The van der Waals surface area contributed by atoms with E-state index in [4.69, 9.17) is 4.74 Å². The Morgan fingerprint density at radius 1 is 1.35 bits per heavy atom. The molecule has 4 heteroatoms. The average molecular weight is 235 g/mol. The largest absolute Gasteiger partial charge is 0.484 e. The first-order valence-electron chi connectivity index (χ1n) is 6.05. The molecule has 1 amide bonds. The highest BCUT2D eigenvalue weighted by atomic mass is 16.5. The van der Waals surface area contributed by atoms with E-state index in [1.165, 1.54) is 0 Å². The normalized spacial score (nSPS) is 15.7. The second-order valence-electron chi connectivity index (χ2n) is 4.30. The number of nitrogens with zero attached hydrogens (tertiary/aromatic N) is 1. The van der Waals surface area contributed by atoms with E-state index in [0.717, 1.165) is 37.5 Å². The third-order valence-electron chi connectivity index (χ3n) is 3.00.